The molecule has 0 bridgehead atoms. The van der Waals surface area contributed by atoms with Gasteiger partial charge in [-0.3, -0.25) is 0 Å². The van der Waals surface area contributed by atoms with Gasteiger partial charge in [0.15, 0.2) is 0 Å². The smallest absolute Gasteiger partial charge is 0.201 e. The van der Waals surface area contributed by atoms with Gasteiger partial charge in [-0.15, -0.1) is 11.6 Å². The number of hydrogen-bond donors (Lipinski definition) is 2. The summed E-state index contributed by atoms with van der Waals surface area (Å²) >= 11 is 5.88. The van der Waals surface area contributed by atoms with Crippen LogP contribution in [-0.2, 0) is 0 Å². The molecule has 0 spiro atoms. The Bertz CT molecular complexity index is 561. The van der Waals surface area contributed by atoms with Crippen LogP contribution in [0, 0.1) is 11.7 Å². The van der Waals surface area contributed by atoms with Crippen LogP contribution in [0.4, 0.5) is 10.3 Å². The summed E-state index contributed by atoms with van der Waals surface area (Å²) in [5.41, 5.74) is 1.52. The summed E-state index contributed by atoms with van der Waals surface area (Å²) in [7, 11) is 0. The van der Waals surface area contributed by atoms with E-state index >= 15 is 0 Å². The zero-order chi connectivity index (χ0) is 13.2. The highest BCUT2D eigenvalue weighted by molar-refractivity contribution is 6.18. The molecule has 0 saturated heterocycles. The predicted octanol–water partition coefficient (Wildman–Crippen LogP) is 3.91. The Labute approximate surface area is 116 Å². The maximum absolute atomic E-state index is 13.1. The lowest BCUT2D eigenvalue weighted by Gasteiger charge is -2.27. The first-order valence-corrected chi connectivity index (χ1v) is 7.26. The van der Waals surface area contributed by atoms with Crippen molar-refractivity contribution in [3.05, 3.63) is 24.0 Å². The number of nitrogens with zero attached hydrogens (tertiary/aromatic N) is 1. The molecule has 0 aliphatic heterocycles. The van der Waals surface area contributed by atoms with E-state index in [0.717, 1.165) is 48.5 Å². The standard InChI is InChI=1S/C14H17ClFN3/c15-8-9-1-4-11(5-2-9)17-14-18-12-6-3-10(16)7-13(12)19-14/h3,6-7,9,11H,1-2,4-5,8H2,(H2,17,18,19). The highest BCUT2D eigenvalue weighted by atomic mass is 35.5. The van der Waals surface area contributed by atoms with E-state index in [1.165, 1.54) is 12.1 Å². The van der Waals surface area contributed by atoms with Crippen LogP contribution in [0.15, 0.2) is 18.2 Å². The normalized spacial score (nSPS) is 23.7. The van der Waals surface area contributed by atoms with Crippen molar-refractivity contribution in [2.24, 2.45) is 5.92 Å². The number of imidazole rings is 1. The summed E-state index contributed by atoms with van der Waals surface area (Å²) < 4.78 is 13.1. The average molecular weight is 282 g/mol. The molecule has 0 amide bonds. The first kappa shape index (κ1) is 12.7. The van der Waals surface area contributed by atoms with E-state index in [4.69, 9.17) is 11.6 Å². The second-order valence-electron chi connectivity index (χ2n) is 5.26. The molecule has 3 nitrogen and oxygen atoms in total. The van der Waals surface area contributed by atoms with Gasteiger partial charge in [-0.1, -0.05) is 0 Å². The number of nitrogens with one attached hydrogen (secondary N) is 2. The summed E-state index contributed by atoms with van der Waals surface area (Å²) in [4.78, 5) is 7.55. The van der Waals surface area contributed by atoms with E-state index in [9.17, 15) is 4.39 Å². The molecular weight excluding hydrogens is 265 g/mol. The van der Waals surface area contributed by atoms with Crippen molar-refractivity contribution in [2.75, 3.05) is 11.2 Å². The van der Waals surface area contributed by atoms with E-state index in [1.807, 2.05) is 0 Å². The maximum Gasteiger partial charge on any atom is 0.201 e. The molecule has 5 heteroatoms. The minimum atomic E-state index is -0.245. The Morgan fingerprint density at radius 3 is 2.84 bits per heavy atom. The third-order valence-corrected chi connectivity index (χ3v) is 4.29. The molecule has 1 aromatic heterocycles. The van der Waals surface area contributed by atoms with E-state index in [-0.39, 0.29) is 5.82 Å². The van der Waals surface area contributed by atoms with Gasteiger partial charge in [-0.05, 0) is 49.8 Å². The number of alkyl halides is 1. The van der Waals surface area contributed by atoms with Crippen LogP contribution in [0.1, 0.15) is 25.7 Å². The lowest BCUT2D eigenvalue weighted by Crippen LogP contribution is -2.27. The lowest BCUT2D eigenvalue weighted by atomic mass is 9.87. The molecule has 1 aromatic carbocycles. The largest absolute Gasteiger partial charge is 0.353 e. The Hall–Kier alpha value is -1.29. The minimum absolute atomic E-state index is 0.245. The average Bonchev–Trinajstić information content (AvgIpc) is 2.81. The van der Waals surface area contributed by atoms with E-state index < -0.39 is 0 Å². The molecule has 1 aliphatic carbocycles. The van der Waals surface area contributed by atoms with Gasteiger partial charge in [-0.25, -0.2) is 9.37 Å². The highest BCUT2D eigenvalue weighted by Crippen LogP contribution is 2.27. The van der Waals surface area contributed by atoms with Crippen molar-refractivity contribution in [3.63, 3.8) is 0 Å². The van der Waals surface area contributed by atoms with E-state index in [2.05, 4.69) is 15.3 Å². The van der Waals surface area contributed by atoms with Crippen LogP contribution in [-0.4, -0.2) is 21.9 Å². The number of H-pyrrole nitrogens is 1. The molecule has 0 atom stereocenters. The monoisotopic (exact) mass is 281 g/mol. The Balaban J connectivity index is 1.68. The predicted molar refractivity (Wildman–Crippen MR) is 76.1 cm³/mol. The first-order valence-electron chi connectivity index (χ1n) is 6.72. The quantitative estimate of drug-likeness (QED) is 0.838. The zero-order valence-corrected chi connectivity index (χ0v) is 11.4. The van der Waals surface area contributed by atoms with Gasteiger partial charge in [0, 0.05) is 11.9 Å². The fraction of sp³-hybridized carbons (Fsp3) is 0.500. The molecule has 1 heterocycles. The Kier molecular flexibility index (Phi) is 3.60. The Morgan fingerprint density at radius 1 is 1.32 bits per heavy atom. The van der Waals surface area contributed by atoms with Crippen molar-refractivity contribution in [1.82, 2.24) is 9.97 Å². The minimum Gasteiger partial charge on any atom is -0.353 e. The van der Waals surface area contributed by atoms with Crippen molar-refractivity contribution in [3.8, 4) is 0 Å². The van der Waals surface area contributed by atoms with Gasteiger partial charge in [0.2, 0.25) is 5.95 Å². The molecule has 2 N–H and O–H groups in total. The van der Waals surface area contributed by atoms with Crippen LogP contribution < -0.4 is 5.32 Å². The second-order valence-corrected chi connectivity index (χ2v) is 5.57. The summed E-state index contributed by atoms with van der Waals surface area (Å²) in [5, 5.41) is 3.40. The summed E-state index contributed by atoms with van der Waals surface area (Å²) in [6, 6.07) is 5.03. The molecule has 1 aliphatic rings. The van der Waals surface area contributed by atoms with E-state index in [0.29, 0.717) is 12.0 Å². The number of aromatic amines is 1. The number of benzene rings is 1. The van der Waals surface area contributed by atoms with Crippen LogP contribution in [0.3, 0.4) is 0 Å². The number of halogens is 2. The van der Waals surface area contributed by atoms with Crippen molar-refractivity contribution in [2.45, 2.75) is 31.7 Å². The van der Waals surface area contributed by atoms with Crippen LogP contribution in [0.5, 0.6) is 0 Å². The molecule has 19 heavy (non-hydrogen) atoms. The van der Waals surface area contributed by atoms with Crippen LogP contribution in [0.25, 0.3) is 11.0 Å². The fourth-order valence-corrected chi connectivity index (χ4v) is 3.01. The van der Waals surface area contributed by atoms with Crippen molar-refractivity contribution < 1.29 is 4.39 Å². The maximum atomic E-state index is 13.1. The molecule has 0 radical (unpaired) electrons. The first-order chi connectivity index (χ1) is 9.24. The molecule has 1 saturated carbocycles. The summed E-state index contributed by atoms with van der Waals surface area (Å²) in [6.45, 7) is 0. The molecule has 3 rings (SSSR count). The molecule has 2 aromatic rings. The number of anilines is 1. The summed E-state index contributed by atoms with van der Waals surface area (Å²) in [5.74, 6) is 1.90. The highest BCUT2D eigenvalue weighted by Gasteiger charge is 2.21. The van der Waals surface area contributed by atoms with Crippen molar-refractivity contribution >= 4 is 28.6 Å². The van der Waals surface area contributed by atoms with Gasteiger partial charge in [0.05, 0.1) is 11.0 Å². The molecule has 1 fully saturated rings. The third-order valence-electron chi connectivity index (χ3n) is 3.85. The van der Waals surface area contributed by atoms with Crippen molar-refractivity contribution in [1.29, 1.82) is 0 Å². The molecule has 102 valence electrons. The van der Waals surface area contributed by atoms with E-state index in [1.54, 1.807) is 6.07 Å². The zero-order valence-electron chi connectivity index (χ0n) is 10.6. The van der Waals surface area contributed by atoms with Gasteiger partial charge in [0.25, 0.3) is 0 Å². The van der Waals surface area contributed by atoms with Gasteiger partial charge in [-0.2, -0.15) is 0 Å². The molecular formula is C14H17ClFN3. The van der Waals surface area contributed by atoms with Crippen LogP contribution in [0.2, 0.25) is 0 Å². The SMILES string of the molecule is Fc1ccc2nc(NC3CCC(CCl)CC3)[nH]c2c1. The molecule has 0 unspecified atom stereocenters. The summed E-state index contributed by atoms with van der Waals surface area (Å²) in [6.07, 6.45) is 4.55. The third kappa shape index (κ3) is 2.84. The number of fused-ring (bicyclic) bond motifs is 1. The van der Waals surface area contributed by atoms with Crippen LogP contribution >= 0.6 is 11.6 Å². The number of rotatable bonds is 3. The Morgan fingerprint density at radius 2 is 2.11 bits per heavy atom. The van der Waals surface area contributed by atoms with Gasteiger partial charge >= 0.3 is 0 Å². The van der Waals surface area contributed by atoms with Gasteiger partial charge < -0.3 is 10.3 Å². The lowest BCUT2D eigenvalue weighted by molar-refractivity contribution is 0.364. The fourth-order valence-electron chi connectivity index (χ4n) is 2.70. The number of hydrogen-bond acceptors (Lipinski definition) is 2. The number of aromatic nitrogens is 2. The topological polar surface area (TPSA) is 40.7 Å². The van der Waals surface area contributed by atoms with Gasteiger partial charge in [0.1, 0.15) is 5.82 Å². The second kappa shape index (κ2) is 5.37.